The summed E-state index contributed by atoms with van der Waals surface area (Å²) in [5.74, 6) is 1.03. The first-order valence-electron chi connectivity index (χ1n) is 7.83. The Morgan fingerprint density at radius 2 is 2.00 bits per heavy atom. The van der Waals surface area contributed by atoms with Crippen LogP contribution in [0.2, 0.25) is 0 Å². The SMILES string of the molecule is CCCNCC(CC)N1CCCC2CCCC21. The van der Waals surface area contributed by atoms with Gasteiger partial charge in [-0.05, 0) is 57.5 Å². The molecule has 2 nitrogen and oxygen atoms in total. The maximum atomic E-state index is 3.62. The Labute approximate surface area is 107 Å². The van der Waals surface area contributed by atoms with Crippen molar-refractivity contribution in [2.24, 2.45) is 5.92 Å². The van der Waals surface area contributed by atoms with E-state index in [2.05, 4.69) is 24.1 Å². The number of hydrogen-bond acceptors (Lipinski definition) is 2. The summed E-state index contributed by atoms with van der Waals surface area (Å²) in [6.45, 7) is 8.35. The van der Waals surface area contributed by atoms with Crippen molar-refractivity contribution in [3.05, 3.63) is 0 Å². The molecule has 1 aliphatic heterocycles. The summed E-state index contributed by atoms with van der Waals surface area (Å²) >= 11 is 0. The van der Waals surface area contributed by atoms with E-state index in [4.69, 9.17) is 0 Å². The molecule has 0 bridgehead atoms. The third kappa shape index (κ3) is 3.23. The second-order valence-corrected chi connectivity index (χ2v) is 5.90. The van der Waals surface area contributed by atoms with Crippen LogP contribution < -0.4 is 5.32 Å². The van der Waals surface area contributed by atoms with Crippen molar-refractivity contribution in [2.75, 3.05) is 19.6 Å². The van der Waals surface area contributed by atoms with Crippen molar-refractivity contribution < 1.29 is 0 Å². The summed E-state index contributed by atoms with van der Waals surface area (Å²) in [6, 6.07) is 1.71. The van der Waals surface area contributed by atoms with Crippen molar-refractivity contribution >= 4 is 0 Å². The standard InChI is InChI=1S/C15H30N2/c1-3-10-16-12-14(4-2)17-11-6-8-13-7-5-9-15(13)17/h13-16H,3-12H2,1-2H3. The minimum atomic E-state index is 0.785. The molecule has 2 aliphatic rings. The molecule has 1 aliphatic carbocycles. The predicted octanol–water partition coefficient (Wildman–Crippen LogP) is 3.03. The quantitative estimate of drug-likeness (QED) is 0.716. The molecule has 3 unspecified atom stereocenters. The number of likely N-dealkylation sites (tertiary alicyclic amines) is 1. The number of nitrogens with one attached hydrogen (secondary N) is 1. The first-order valence-corrected chi connectivity index (χ1v) is 7.83. The molecular weight excluding hydrogens is 208 g/mol. The van der Waals surface area contributed by atoms with Gasteiger partial charge in [-0.1, -0.05) is 20.3 Å². The molecule has 0 spiro atoms. The van der Waals surface area contributed by atoms with E-state index in [1.807, 2.05) is 0 Å². The zero-order valence-electron chi connectivity index (χ0n) is 11.8. The van der Waals surface area contributed by atoms with Crippen LogP contribution in [0, 0.1) is 5.92 Å². The Balaban J connectivity index is 1.88. The van der Waals surface area contributed by atoms with E-state index in [0.29, 0.717) is 0 Å². The molecule has 2 heteroatoms. The van der Waals surface area contributed by atoms with Gasteiger partial charge >= 0.3 is 0 Å². The van der Waals surface area contributed by atoms with E-state index >= 15 is 0 Å². The van der Waals surface area contributed by atoms with Gasteiger partial charge in [0.1, 0.15) is 0 Å². The predicted molar refractivity (Wildman–Crippen MR) is 74.3 cm³/mol. The molecular formula is C15H30N2. The maximum absolute atomic E-state index is 3.62. The molecule has 0 aromatic heterocycles. The van der Waals surface area contributed by atoms with Gasteiger partial charge in [0.15, 0.2) is 0 Å². The van der Waals surface area contributed by atoms with E-state index in [1.165, 1.54) is 64.6 Å². The smallest absolute Gasteiger partial charge is 0.0221 e. The summed E-state index contributed by atoms with van der Waals surface area (Å²) in [5, 5.41) is 3.62. The van der Waals surface area contributed by atoms with Gasteiger partial charge in [-0.3, -0.25) is 4.90 Å². The van der Waals surface area contributed by atoms with Crippen molar-refractivity contribution in [2.45, 2.75) is 70.9 Å². The van der Waals surface area contributed by atoms with E-state index in [-0.39, 0.29) is 0 Å². The van der Waals surface area contributed by atoms with Gasteiger partial charge in [0.25, 0.3) is 0 Å². The minimum absolute atomic E-state index is 0.785. The van der Waals surface area contributed by atoms with Gasteiger partial charge in [0.05, 0.1) is 0 Å². The highest BCUT2D eigenvalue weighted by Crippen LogP contribution is 2.37. The minimum Gasteiger partial charge on any atom is -0.315 e. The van der Waals surface area contributed by atoms with Gasteiger partial charge in [0, 0.05) is 18.6 Å². The molecule has 0 amide bonds. The Kier molecular flexibility index (Phi) is 5.30. The van der Waals surface area contributed by atoms with E-state index in [1.54, 1.807) is 0 Å². The van der Waals surface area contributed by atoms with Crippen LogP contribution in [-0.2, 0) is 0 Å². The summed E-state index contributed by atoms with van der Waals surface area (Å²) in [6.07, 6.45) is 9.94. The zero-order chi connectivity index (χ0) is 12.1. The molecule has 0 aromatic carbocycles. The molecule has 1 N–H and O–H groups in total. The molecule has 3 atom stereocenters. The number of rotatable bonds is 6. The largest absolute Gasteiger partial charge is 0.315 e. The highest BCUT2D eigenvalue weighted by atomic mass is 15.2. The maximum Gasteiger partial charge on any atom is 0.0221 e. The first-order chi connectivity index (χ1) is 8.36. The molecule has 0 radical (unpaired) electrons. The number of hydrogen-bond donors (Lipinski definition) is 1. The van der Waals surface area contributed by atoms with Gasteiger partial charge in [0.2, 0.25) is 0 Å². The number of fused-ring (bicyclic) bond motifs is 1. The fourth-order valence-electron chi connectivity index (χ4n) is 3.89. The van der Waals surface area contributed by atoms with Crippen molar-refractivity contribution in [1.29, 1.82) is 0 Å². The van der Waals surface area contributed by atoms with Gasteiger partial charge in [-0.15, -0.1) is 0 Å². The monoisotopic (exact) mass is 238 g/mol. The average Bonchev–Trinajstić information content (AvgIpc) is 2.83. The van der Waals surface area contributed by atoms with Gasteiger partial charge in [-0.25, -0.2) is 0 Å². The molecule has 1 saturated carbocycles. The summed E-state index contributed by atoms with van der Waals surface area (Å²) in [7, 11) is 0. The van der Waals surface area contributed by atoms with E-state index < -0.39 is 0 Å². The second kappa shape index (κ2) is 6.75. The molecule has 0 aromatic rings. The topological polar surface area (TPSA) is 15.3 Å². The molecule has 1 heterocycles. The molecule has 1 saturated heterocycles. The summed E-state index contributed by atoms with van der Waals surface area (Å²) in [4.78, 5) is 2.85. The number of piperidine rings is 1. The van der Waals surface area contributed by atoms with Gasteiger partial charge < -0.3 is 5.32 Å². The fraction of sp³-hybridized carbons (Fsp3) is 1.00. The van der Waals surface area contributed by atoms with Crippen LogP contribution in [0.25, 0.3) is 0 Å². The van der Waals surface area contributed by atoms with E-state index in [0.717, 1.165) is 18.0 Å². The fourth-order valence-corrected chi connectivity index (χ4v) is 3.89. The van der Waals surface area contributed by atoms with Crippen LogP contribution in [0.1, 0.15) is 58.8 Å². The lowest BCUT2D eigenvalue weighted by atomic mass is 9.90. The highest BCUT2D eigenvalue weighted by molar-refractivity contribution is 4.92. The second-order valence-electron chi connectivity index (χ2n) is 5.90. The molecule has 17 heavy (non-hydrogen) atoms. The molecule has 2 fully saturated rings. The average molecular weight is 238 g/mol. The lowest BCUT2D eigenvalue weighted by Gasteiger charge is -2.42. The van der Waals surface area contributed by atoms with Crippen LogP contribution in [0.4, 0.5) is 0 Å². The van der Waals surface area contributed by atoms with Crippen LogP contribution >= 0.6 is 0 Å². The first kappa shape index (κ1) is 13.4. The number of nitrogens with zero attached hydrogens (tertiary/aromatic N) is 1. The summed E-state index contributed by atoms with van der Waals surface area (Å²) < 4.78 is 0. The van der Waals surface area contributed by atoms with Crippen LogP contribution in [-0.4, -0.2) is 36.6 Å². The van der Waals surface area contributed by atoms with Crippen molar-refractivity contribution in [1.82, 2.24) is 10.2 Å². The van der Waals surface area contributed by atoms with Gasteiger partial charge in [-0.2, -0.15) is 0 Å². The Hall–Kier alpha value is -0.0800. The normalized spacial score (nSPS) is 31.4. The Morgan fingerprint density at radius 3 is 2.76 bits per heavy atom. The molecule has 2 rings (SSSR count). The lowest BCUT2D eigenvalue weighted by molar-refractivity contribution is 0.0649. The molecule has 100 valence electrons. The lowest BCUT2D eigenvalue weighted by Crippen LogP contribution is -2.51. The third-order valence-electron chi connectivity index (χ3n) is 4.78. The van der Waals surface area contributed by atoms with E-state index in [9.17, 15) is 0 Å². The summed E-state index contributed by atoms with van der Waals surface area (Å²) in [5.41, 5.74) is 0. The van der Waals surface area contributed by atoms with Crippen LogP contribution in [0.5, 0.6) is 0 Å². The van der Waals surface area contributed by atoms with Crippen molar-refractivity contribution in [3.8, 4) is 0 Å². The third-order valence-corrected chi connectivity index (χ3v) is 4.78. The highest BCUT2D eigenvalue weighted by Gasteiger charge is 2.37. The van der Waals surface area contributed by atoms with Crippen molar-refractivity contribution in [3.63, 3.8) is 0 Å². The zero-order valence-corrected chi connectivity index (χ0v) is 11.8. The van der Waals surface area contributed by atoms with Crippen LogP contribution in [0.15, 0.2) is 0 Å². The Bertz CT molecular complexity index is 217. The Morgan fingerprint density at radius 1 is 1.18 bits per heavy atom. The van der Waals surface area contributed by atoms with Crippen LogP contribution in [0.3, 0.4) is 0 Å².